The van der Waals surface area contributed by atoms with Gasteiger partial charge in [-0.2, -0.15) is 18.3 Å². The van der Waals surface area contributed by atoms with E-state index in [0.717, 1.165) is 6.07 Å². The highest BCUT2D eigenvalue weighted by atomic mass is 19.4. The number of nitrogen functional groups attached to an aromatic ring is 1. The van der Waals surface area contributed by atoms with Gasteiger partial charge in [-0.05, 0) is 36.1 Å². The van der Waals surface area contributed by atoms with Crippen molar-refractivity contribution >= 4 is 29.0 Å². The molecule has 0 saturated heterocycles. The number of anilines is 1. The molecule has 27 heavy (non-hydrogen) atoms. The number of aromatic nitrogens is 2. The molecule has 5 nitrogen and oxygen atoms in total. The molecule has 0 unspecified atom stereocenters. The van der Waals surface area contributed by atoms with Crippen LogP contribution in [-0.4, -0.2) is 29.2 Å². The lowest BCUT2D eigenvalue weighted by Gasteiger charge is -2.19. The number of aryl methyl sites for hydroxylation is 1. The molecule has 140 valence electrons. The molecule has 2 aromatic carbocycles. The van der Waals surface area contributed by atoms with Gasteiger partial charge in [-0.1, -0.05) is 19.0 Å². The third-order valence-electron chi connectivity index (χ3n) is 4.41. The van der Waals surface area contributed by atoms with Gasteiger partial charge in [0, 0.05) is 16.3 Å². The first-order valence-electron chi connectivity index (χ1n) is 8.13. The van der Waals surface area contributed by atoms with E-state index in [-0.39, 0.29) is 22.6 Å². The number of halogens is 3. The fraction of sp³-hybridized carbons (Fsp3) is 0.222. The maximum atomic E-state index is 13.5. The molecule has 0 bridgehead atoms. The smallest absolute Gasteiger partial charge is 0.419 e. The van der Waals surface area contributed by atoms with Gasteiger partial charge in [0.05, 0.1) is 18.4 Å². The summed E-state index contributed by atoms with van der Waals surface area (Å²) in [6, 6.07) is 7.42. The maximum Gasteiger partial charge on any atom is 0.419 e. The van der Waals surface area contributed by atoms with E-state index in [9.17, 15) is 18.2 Å². The zero-order valence-corrected chi connectivity index (χ0v) is 14.9. The van der Waals surface area contributed by atoms with Crippen molar-refractivity contribution in [2.45, 2.75) is 19.9 Å². The van der Waals surface area contributed by atoms with E-state index in [1.165, 1.54) is 20.0 Å². The summed E-state index contributed by atoms with van der Waals surface area (Å²) >= 11 is 0. The molecule has 0 atom stereocenters. The maximum absolute atomic E-state index is 13.5. The van der Waals surface area contributed by atoms with Crippen LogP contribution in [0.1, 0.15) is 11.3 Å². The third-order valence-corrected chi connectivity index (χ3v) is 4.41. The van der Waals surface area contributed by atoms with Gasteiger partial charge in [0.25, 0.3) is 0 Å². The van der Waals surface area contributed by atoms with Crippen molar-refractivity contribution in [3.63, 3.8) is 0 Å². The van der Waals surface area contributed by atoms with Crippen LogP contribution in [0.3, 0.4) is 0 Å². The molecule has 9 heteroatoms. The normalized spacial score (nSPS) is 11.7. The second-order valence-electron chi connectivity index (χ2n) is 6.25. The standard InChI is InChI=1S/C18H17BF3N3O2/c1-9-13-6-10(4-5-12(13)17(23)25-24-9)14-7-11(19(2)26)8-15(16(14)27-3)18(20,21)22/h4-8,26H,1-3H3,(H2,23,25). The average Bonchev–Trinajstić information content (AvgIpc) is 2.62. The van der Waals surface area contributed by atoms with Crippen LogP contribution in [0.25, 0.3) is 21.9 Å². The summed E-state index contributed by atoms with van der Waals surface area (Å²) in [5.41, 5.74) is 6.34. The Bertz CT molecular complexity index is 1020. The van der Waals surface area contributed by atoms with E-state index in [1.54, 1.807) is 25.1 Å². The number of nitrogens with two attached hydrogens (primary N) is 1. The Morgan fingerprint density at radius 1 is 1.11 bits per heavy atom. The Balaban J connectivity index is 2.34. The number of methoxy groups -OCH3 is 1. The summed E-state index contributed by atoms with van der Waals surface area (Å²) < 4.78 is 45.7. The molecule has 3 rings (SSSR count). The zero-order valence-electron chi connectivity index (χ0n) is 14.9. The van der Waals surface area contributed by atoms with E-state index in [0.29, 0.717) is 22.0 Å². The van der Waals surface area contributed by atoms with Gasteiger partial charge in [-0.25, -0.2) is 0 Å². The zero-order chi connectivity index (χ0) is 19.9. The van der Waals surface area contributed by atoms with Gasteiger partial charge in [0.2, 0.25) is 0 Å². The predicted molar refractivity (Wildman–Crippen MR) is 99.1 cm³/mol. The Morgan fingerprint density at radius 2 is 1.81 bits per heavy atom. The number of hydrogen-bond acceptors (Lipinski definition) is 5. The summed E-state index contributed by atoms with van der Waals surface area (Å²) in [7, 11) is 1.19. The van der Waals surface area contributed by atoms with Crippen LogP contribution < -0.4 is 15.9 Å². The Kier molecular flexibility index (Phi) is 4.73. The summed E-state index contributed by atoms with van der Waals surface area (Å²) in [5.74, 6) is -0.0679. The highest BCUT2D eigenvalue weighted by molar-refractivity contribution is 6.65. The van der Waals surface area contributed by atoms with Crippen LogP contribution in [0.4, 0.5) is 19.0 Å². The largest absolute Gasteiger partial charge is 0.495 e. The van der Waals surface area contributed by atoms with Crippen molar-refractivity contribution in [2.24, 2.45) is 0 Å². The quantitative estimate of drug-likeness (QED) is 0.688. The Morgan fingerprint density at radius 3 is 2.41 bits per heavy atom. The monoisotopic (exact) mass is 375 g/mol. The topological polar surface area (TPSA) is 81.3 Å². The van der Waals surface area contributed by atoms with Gasteiger partial charge in [0.1, 0.15) is 5.75 Å². The first-order chi connectivity index (χ1) is 12.6. The van der Waals surface area contributed by atoms with Crippen LogP contribution in [-0.2, 0) is 6.18 Å². The molecule has 0 fully saturated rings. The van der Waals surface area contributed by atoms with Gasteiger partial charge < -0.3 is 15.5 Å². The summed E-state index contributed by atoms with van der Waals surface area (Å²) in [5, 5.41) is 19.0. The molecular formula is C18H17BF3N3O2. The van der Waals surface area contributed by atoms with Crippen LogP contribution in [0, 0.1) is 6.92 Å². The average molecular weight is 375 g/mol. The summed E-state index contributed by atoms with van der Waals surface area (Å²) in [6.07, 6.45) is -4.63. The minimum absolute atomic E-state index is 0.141. The Hall–Kier alpha value is -2.81. The fourth-order valence-electron chi connectivity index (χ4n) is 3.01. The van der Waals surface area contributed by atoms with Gasteiger partial charge in [-0.3, -0.25) is 0 Å². The van der Waals surface area contributed by atoms with Crippen molar-refractivity contribution in [1.29, 1.82) is 0 Å². The number of hydrogen-bond donors (Lipinski definition) is 2. The number of fused-ring (bicyclic) bond motifs is 1. The lowest BCUT2D eigenvalue weighted by Crippen LogP contribution is -2.28. The predicted octanol–water partition coefficient (Wildman–Crippen LogP) is 3.04. The van der Waals surface area contributed by atoms with Crippen LogP contribution in [0.2, 0.25) is 6.82 Å². The van der Waals surface area contributed by atoms with Gasteiger partial charge in [-0.15, -0.1) is 5.10 Å². The van der Waals surface area contributed by atoms with Crippen LogP contribution in [0.15, 0.2) is 30.3 Å². The number of rotatable bonds is 3. The van der Waals surface area contributed by atoms with E-state index in [2.05, 4.69) is 10.2 Å². The fourth-order valence-corrected chi connectivity index (χ4v) is 3.01. The molecule has 0 amide bonds. The first-order valence-corrected chi connectivity index (χ1v) is 8.13. The molecule has 0 saturated carbocycles. The minimum Gasteiger partial charge on any atom is -0.495 e. The van der Waals surface area contributed by atoms with E-state index < -0.39 is 18.7 Å². The molecule has 0 aliphatic rings. The second kappa shape index (κ2) is 6.73. The van der Waals surface area contributed by atoms with Crippen LogP contribution >= 0.6 is 0 Å². The van der Waals surface area contributed by atoms with E-state index in [1.807, 2.05) is 0 Å². The van der Waals surface area contributed by atoms with Crippen molar-refractivity contribution in [1.82, 2.24) is 10.2 Å². The Labute approximate surface area is 154 Å². The number of nitrogens with zero attached hydrogens (tertiary/aromatic N) is 2. The lowest BCUT2D eigenvalue weighted by atomic mass is 9.63. The highest BCUT2D eigenvalue weighted by Gasteiger charge is 2.36. The lowest BCUT2D eigenvalue weighted by molar-refractivity contribution is -0.138. The molecule has 0 aliphatic carbocycles. The third kappa shape index (κ3) is 3.42. The number of alkyl halides is 3. The summed E-state index contributed by atoms with van der Waals surface area (Å²) in [6.45, 7) is 2.08. The first kappa shape index (κ1) is 19.0. The SMILES string of the molecule is COc1c(-c2ccc3c(N)nnc(C)c3c2)cc(B(C)O)cc1C(F)(F)F. The molecule has 3 aromatic rings. The molecule has 1 heterocycles. The molecular weight excluding hydrogens is 358 g/mol. The molecule has 0 spiro atoms. The van der Waals surface area contributed by atoms with Gasteiger partial charge in [0.15, 0.2) is 5.82 Å². The number of benzene rings is 2. The molecule has 1 aromatic heterocycles. The minimum atomic E-state index is -4.63. The highest BCUT2D eigenvalue weighted by Crippen LogP contribution is 2.42. The van der Waals surface area contributed by atoms with Crippen LogP contribution in [0.5, 0.6) is 5.75 Å². The van der Waals surface area contributed by atoms with Crippen molar-refractivity contribution in [3.8, 4) is 16.9 Å². The number of ether oxygens (including phenoxy) is 1. The van der Waals surface area contributed by atoms with Crippen molar-refractivity contribution in [3.05, 3.63) is 41.6 Å². The summed E-state index contributed by atoms with van der Waals surface area (Å²) in [4.78, 5) is 0. The second-order valence-corrected chi connectivity index (χ2v) is 6.25. The van der Waals surface area contributed by atoms with E-state index >= 15 is 0 Å². The van der Waals surface area contributed by atoms with Gasteiger partial charge >= 0.3 is 13.1 Å². The van der Waals surface area contributed by atoms with Crippen molar-refractivity contribution in [2.75, 3.05) is 12.8 Å². The molecule has 3 N–H and O–H groups in total. The molecule has 0 aliphatic heterocycles. The molecule has 0 radical (unpaired) electrons. The van der Waals surface area contributed by atoms with E-state index in [4.69, 9.17) is 10.5 Å². The van der Waals surface area contributed by atoms with Crippen molar-refractivity contribution < 1.29 is 22.9 Å².